The lowest BCUT2D eigenvalue weighted by Crippen LogP contribution is -2.27. The molecule has 0 saturated heterocycles. The maximum atomic E-state index is 10.5. The summed E-state index contributed by atoms with van der Waals surface area (Å²) >= 11 is 0. The van der Waals surface area contributed by atoms with Gasteiger partial charge in [0.1, 0.15) is 0 Å². The van der Waals surface area contributed by atoms with E-state index in [0.29, 0.717) is 0 Å². The van der Waals surface area contributed by atoms with Crippen LogP contribution in [0.3, 0.4) is 0 Å². The lowest BCUT2D eigenvalue weighted by Gasteiger charge is -2.34. The lowest BCUT2D eigenvalue weighted by atomic mass is 9.69. The van der Waals surface area contributed by atoms with E-state index in [2.05, 4.69) is 109 Å². The Kier molecular flexibility index (Phi) is 10.5. The second-order valence-electron chi connectivity index (χ2n) is 11.2. The second-order valence-corrected chi connectivity index (χ2v) is 11.2. The molecule has 0 aliphatic carbocycles. The second kappa shape index (κ2) is 12.9. The Morgan fingerprint density at radius 3 is 1.89 bits per heavy atom. The van der Waals surface area contributed by atoms with E-state index in [0.717, 1.165) is 31.4 Å². The van der Waals surface area contributed by atoms with Crippen molar-refractivity contribution >= 4 is 6.15 Å². The van der Waals surface area contributed by atoms with Crippen molar-refractivity contribution in [2.24, 2.45) is 5.41 Å². The quantitative estimate of drug-likeness (QED) is 0.346. The van der Waals surface area contributed by atoms with Gasteiger partial charge in [-0.2, -0.15) is 9.59 Å². The predicted molar refractivity (Wildman–Crippen MR) is 150 cm³/mol. The summed E-state index contributed by atoms with van der Waals surface area (Å²) in [6.45, 7) is 17.4. The number of hydrogen-bond donors (Lipinski definition) is 1. The molecule has 0 spiro atoms. The molecule has 3 aromatic rings. The van der Waals surface area contributed by atoms with Crippen LogP contribution in [0.4, 0.5) is 0 Å². The van der Waals surface area contributed by atoms with Gasteiger partial charge in [-0.25, -0.2) is 0 Å². The lowest BCUT2D eigenvalue weighted by molar-refractivity contribution is -0.191. The third kappa shape index (κ3) is 7.25. The van der Waals surface area contributed by atoms with E-state index in [1.165, 1.54) is 38.9 Å². The van der Waals surface area contributed by atoms with Gasteiger partial charge in [-0.15, -0.1) is 0 Å². The van der Waals surface area contributed by atoms with Crippen molar-refractivity contribution in [1.82, 2.24) is 4.98 Å². The summed E-state index contributed by atoms with van der Waals surface area (Å²) in [6.07, 6.45) is 5.70. The molecule has 0 fully saturated rings. The summed E-state index contributed by atoms with van der Waals surface area (Å²) in [6, 6.07) is 18.2. The molecule has 198 valence electrons. The highest BCUT2D eigenvalue weighted by Gasteiger charge is 2.31. The van der Waals surface area contributed by atoms with Crippen LogP contribution in [0, 0.1) is 26.2 Å². The number of rotatable bonds is 8. The van der Waals surface area contributed by atoms with Crippen molar-refractivity contribution < 1.29 is 14.7 Å². The number of carbonyl (C=O) groups excluding carboxylic acids is 2. The first-order valence-corrected chi connectivity index (χ1v) is 13.2. The Labute approximate surface area is 223 Å². The van der Waals surface area contributed by atoms with Gasteiger partial charge in [-0.3, -0.25) is 4.98 Å². The monoisotopic (exact) mass is 501 g/mol. The van der Waals surface area contributed by atoms with Crippen molar-refractivity contribution in [2.45, 2.75) is 92.6 Å². The Hall–Kier alpha value is -3.07. The minimum Gasteiger partial charge on any atom is -0.393 e. The number of benzene rings is 2. The van der Waals surface area contributed by atoms with Crippen LogP contribution < -0.4 is 0 Å². The van der Waals surface area contributed by atoms with Gasteiger partial charge in [0, 0.05) is 17.2 Å². The van der Waals surface area contributed by atoms with Gasteiger partial charge in [0.05, 0.1) is 11.8 Å². The molecule has 0 aliphatic rings. The fraction of sp³-hybridized carbons (Fsp3) is 0.455. The van der Waals surface area contributed by atoms with Gasteiger partial charge < -0.3 is 5.11 Å². The van der Waals surface area contributed by atoms with Crippen LogP contribution in [0.2, 0.25) is 0 Å². The Morgan fingerprint density at radius 2 is 1.43 bits per heavy atom. The molecule has 0 amide bonds. The number of aliphatic hydroxyl groups excluding tert-OH is 1. The molecule has 1 aromatic heterocycles. The zero-order chi connectivity index (χ0) is 27.8. The van der Waals surface area contributed by atoms with E-state index >= 15 is 0 Å². The predicted octanol–water partition coefficient (Wildman–Crippen LogP) is 7.54. The molecule has 3 rings (SSSR count). The van der Waals surface area contributed by atoms with Crippen LogP contribution in [0.5, 0.6) is 0 Å². The maximum absolute atomic E-state index is 10.5. The number of aromatic nitrogens is 1. The first kappa shape index (κ1) is 30.2. The zero-order valence-corrected chi connectivity index (χ0v) is 23.8. The molecule has 1 N–H and O–H groups in total. The molecule has 0 bridgehead atoms. The highest BCUT2D eigenvalue weighted by molar-refractivity contribution is 5.65. The first-order chi connectivity index (χ1) is 17.4. The average molecular weight is 502 g/mol. The van der Waals surface area contributed by atoms with Crippen LogP contribution in [-0.4, -0.2) is 22.3 Å². The molecule has 4 nitrogen and oxygen atoms in total. The van der Waals surface area contributed by atoms with Gasteiger partial charge in [-0.05, 0) is 91.3 Å². The standard InChI is InChI=1S/C32H43NO.CO2/c1-9-32(10-2,26-14-12-25(23(4)19-26)13-18-30(34)31(6,7)8)27-15-16-28(24(5)20-27)29-17-11-22(3)21-33-29;2-1-3/h11-12,14-17,19-21,30,34H,9-10,13,18H2,1-8H3;. The molecule has 37 heavy (non-hydrogen) atoms. The average Bonchev–Trinajstić information content (AvgIpc) is 2.85. The van der Waals surface area contributed by atoms with Gasteiger partial charge in [0.15, 0.2) is 0 Å². The van der Waals surface area contributed by atoms with Gasteiger partial charge in [0.2, 0.25) is 0 Å². The highest BCUT2D eigenvalue weighted by atomic mass is 16.3. The number of pyridine rings is 1. The van der Waals surface area contributed by atoms with E-state index in [1.807, 2.05) is 6.20 Å². The van der Waals surface area contributed by atoms with Crippen LogP contribution >= 0.6 is 0 Å². The van der Waals surface area contributed by atoms with E-state index < -0.39 is 0 Å². The normalized spacial score (nSPS) is 12.4. The molecular weight excluding hydrogens is 458 g/mol. The number of nitrogens with zero attached hydrogens (tertiary/aromatic N) is 1. The minimum absolute atomic E-state index is 0.0157. The third-order valence-corrected chi connectivity index (χ3v) is 7.76. The molecule has 0 aliphatic heterocycles. The zero-order valence-electron chi connectivity index (χ0n) is 23.8. The van der Waals surface area contributed by atoms with Crippen LogP contribution in [0.1, 0.15) is 87.3 Å². The highest BCUT2D eigenvalue weighted by Crippen LogP contribution is 2.41. The molecule has 1 heterocycles. The SMILES string of the molecule is CCC(CC)(c1ccc(CCC(O)C(C)(C)C)c(C)c1)c1ccc(-c2ccc(C)cn2)c(C)c1.O=C=O. The van der Waals surface area contributed by atoms with E-state index in [4.69, 9.17) is 9.59 Å². The van der Waals surface area contributed by atoms with Gasteiger partial charge in [0.25, 0.3) is 0 Å². The molecular formula is C33H43NO3. The Balaban J connectivity index is 0.00000153. The first-order valence-electron chi connectivity index (χ1n) is 13.2. The summed E-state index contributed by atoms with van der Waals surface area (Å²) in [5.41, 5.74) is 10.0. The summed E-state index contributed by atoms with van der Waals surface area (Å²) in [5, 5.41) is 10.5. The molecule has 2 aromatic carbocycles. The van der Waals surface area contributed by atoms with E-state index in [1.54, 1.807) is 0 Å². The van der Waals surface area contributed by atoms with Crippen LogP contribution in [0.15, 0.2) is 54.7 Å². The number of aryl methyl sites for hydroxylation is 4. The largest absolute Gasteiger partial charge is 0.393 e. The molecule has 0 radical (unpaired) electrons. The number of hydrogen-bond acceptors (Lipinski definition) is 4. The van der Waals surface area contributed by atoms with E-state index in [9.17, 15) is 5.11 Å². The van der Waals surface area contributed by atoms with Gasteiger partial charge >= 0.3 is 6.15 Å². The Morgan fingerprint density at radius 1 is 0.865 bits per heavy atom. The minimum atomic E-state index is -0.290. The van der Waals surface area contributed by atoms with Crippen molar-refractivity contribution in [3.05, 3.63) is 88.1 Å². The number of aliphatic hydroxyl groups is 1. The van der Waals surface area contributed by atoms with E-state index in [-0.39, 0.29) is 23.1 Å². The summed E-state index contributed by atoms with van der Waals surface area (Å²) in [4.78, 5) is 20.9. The van der Waals surface area contributed by atoms with Crippen LogP contribution in [0.25, 0.3) is 11.3 Å². The van der Waals surface area contributed by atoms with Crippen molar-refractivity contribution in [3.63, 3.8) is 0 Å². The van der Waals surface area contributed by atoms with Crippen molar-refractivity contribution in [3.8, 4) is 11.3 Å². The van der Waals surface area contributed by atoms with Crippen molar-refractivity contribution in [1.29, 1.82) is 0 Å². The fourth-order valence-corrected chi connectivity index (χ4v) is 5.11. The fourth-order valence-electron chi connectivity index (χ4n) is 5.11. The molecule has 1 atom stereocenters. The van der Waals surface area contributed by atoms with Crippen molar-refractivity contribution in [2.75, 3.05) is 0 Å². The summed E-state index contributed by atoms with van der Waals surface area (Å²) < 4.78 is 0. The topological polar surface area (TPSA) is 67.3 Å². The summed E-state index contributed by atoms with van der Waals surface area (Å²) in [7, 11) is 0. The third-order valence-electron chi connectivity index (χ3n) is 7.76. The smallest absolute Gasteiger partial charge is 0.373 e. The Bertz CT molecular complexity index is 1200. The van der Waals surface area contributed by atoms with Crippen LogP contribution in [-0.2, 0) is 21.4 Å². The molecule has 1 unspecified atom stereocenters. The summed E-state index contributed by atoms with van der Waals surface area (Å²) in [5.74, 6) is 0. The maximum Gasteiger partial charge on any atom is 0.373 e. The molecule has 0 saturated carbocycles. The molecule has 4 heteroatoms. The van der Waals surface area contributed by atoms with Gasteiger partial charge in [-0.1, -0.05) is 77.1 Å².